The molecular weight excluding hydrogens is 274 g/mol. The minimum absolute atomic E-state index is 0.192. The Morgan fingerprint density at radius 2 is 2.00 bits per heavy atom. The molecule has 0 bridgehead atoms. The minimum Gasteiger partial charge on any atom is -0.326 e. The van der Waals surface area contributed by atoms with Crippen LogP contribution in [0.15, 0.2) is 29.2 Å². The maximum atomic E-state index is 14.0. The smallest absolute Gasteiger partial charge is 0.246 e. The highest BCUT2D eigenvalue weighted by molar-refractivity contribution is 7.89. The maximum Gasteiger partial charge on any atom is 0.246 e. The molecule has 19 heavy (non-hydrogen) atoms. The molecule has 2 rings (SSSR count). The number of halogens is 2. The Morgan fingerprint density at radius 3 is 2.58 bits per heavy atom. The van der Waals surface area contributed by atoms with E-state index in [9.17, 15) is 17.2 Å². The first-order valence-electron chi connectivity index (χ1n) is 5.80. The predicted octanol–water partition coefficient (Wildman–Crippen LogP) is 1.37. The highest BCUT2D eigenvalue weighted by Gasteiger charge is 2.29. The lowest BCUT2D eigenvalue weighted by atomic mass is 10.2. The standard InChI is InChI=1S/C12H14F2N2O2S/c13-10-4-5-11(12(14)9(10)8-15)19(17,18)16-6-2-1-3-7-16/h1-2,4-5H,3,6-8,15H2. The fourth-order valence-corrected chi connectivity index (χ4v) is 3.44. The topological polar surface area (TPSA) is 63.4 Å². The molecule has 1 aromatic carbocycles. The van der Waals surface area contributed by atoms with Gasteiger partial charge in [-0.25, -0.2) is 17.2 Å². The summed E-state index contributed by atoms with van der Waals surface area (Å²) in [5.74, 6) is -1.94. The molecule has 0 saturated heterocycles. The van der Waals surface area contributed by atoms with Crippen LogP contribution in [0.2, 0.25) is 0 Å². The van der Waals surface area contributed by atoms with Crippen LogP contribution in [0.1, 0.15) is 12.0 Å². The Morgan fingerprint density at radius 1 is 1.26 bits per heavy atom. The van der Waals surface area contributed by atoms with Gasteiger partial charge in [0.15, 0.2) is 5.82 Å². The van der Waals surface area contributed by atoms with Crippen molar-refractivity contribution in [2.24, 2.45) is 5.73 Å². The summed E-state index contributed by atoms with van der Waals surface area (Å²) in [6, 6.07) is 1.87. The van der Waals surface area contributed by atoms with Gasteiger partial charge in [0, 0.05) is 25.2 Å². The molecule has 0 atom stereocenters. The first kappa shape index (κ1) is 14.1. The number of sulfonamides is 1. The lowest BCUT2D eigenvalue weighted by Crippen LogP contribution is -2.34. The molecule has 0 unspecified atom stereocenters. The van der Waals surface area contributed by atoms with Gasteiger partial charge in [-0.05, 0) is 18.6 Å². The summed E-state index contributed by atoms with van der Waals surface area (Å²) in [4.78, 5) is -0.523. The lowest BCUT2D eigenvalue weighted by Gasteiger charge is -2.23. The van der Waals surface area contributed by atoms with E-state index in [2.05, 4.69) is 0 Å². The maximum absolute atomic E-state index is 14.0. The number of benzene rings is 1. The van der Waals surface area contributed by atoms with E-state index in [-0.39, 0.29) is 19.6 Å². The zero-order valence-corrected chi connectivity index (χ0v) is 11.0. The molecule has 0 aromatic heterocycles. The van der Waals surface area contributed by atoms with E-state index in [0.717, 1.165) is 16.4 Å². The molecule has 0 radical (unpaired) electrons. The molecule has 2 N–H and O–H groups in total. The molecule has 4 nitrogen and oxygen atoms in total. The third-order valence-electron chi connectivity index (χ3n) is 2.99. The number of nitrogens with zero attached hydrogens (tertiary/aromatic N) is 1. The van der Waals surface area contributed by atoms with Crippen LogP contribution in [0, 0.1) is 11.6 Å². The largest absolute Gasteiger partial charge is 0.326 e. The minimum atomic E-state index is -3.96. The normalized spacial score (nSPS) is 16.8. The number of hydrogen-bond donors (Lipinski definition) is 1. The first-order valence-corrected chi connectivity index (χ1v) is 7.24. The van der Waals surface area contributed by atoms with Gasteiger partial charge in [0.05, 0.1) is 0 Å². The molecule has 0 saturated carbocycles. The van der Waals surface area contributed by atoms with Crippen LogP contribution in [0.3, 0.4) is 0 Å². The molecule has 0 spiro atoms. The summed E-state index contributed by atoms with van der Waals surface area (Å²) >= 11 is 0. The second kappa shape index (κ2) is 5.36. The van der Waals surface area contributed by atoms with Crippen molar-refractivity contribution in [3.63, 3.8) is 0 Å². The summed E-state index contributed by atoms with van der Waals surface area (Å²) in [5.41, 5.74) is 4.83. The first-order chi connectivity index (χ1) is 8.98. The van der Waals surface area contributed by atoms with Crippen LogP contribution < -0.4 is 5.73 Å². The van der Waals surface area contributed by atoms with Crippen molar-refractivity contribution in [3.05, 3.63) is 41.5 Å². The van der Waals surface area contributed by atoms with Crippen molar-refractivity contribution in [2.75, 3.05) is 13.1 Å². The third kappa shape index (κ3) is 2.54. The van der Waals surface area contributed by atoms with E-state index in [0.29, 0.717) is 6.42 Å². The van der Waals surface area contributed by atoms with Gasteiger partial charge >= 0.3 is 0 Å². The summed E-state index contributed by atoms with van der Waals surface area (Å²) in [7, 11) is -3.96. The Hall–Kier alpha value is -1.31. The average molecular weight is 288 g/mol. The molecule has 1 aromatic rings. The predicted molar refractivity (Wildman–Crippen MR) is 66.8 cm³/mol. The molecule has 1 heterocycles. The summed E-state index contributed by atoms with van der Waals surface area (Å²) < 4.78 is 53.1. The van der Waals surface area contributed by atoms with Crippen LogP contribution in [-0.2, 0) is 16.6 Å². The second-order valence-electron chi connectivity index (χ2n) is 4.17. The van der Waals surface area contributed by atoms with Gasteiger partial charge in [0.25, 0.3) is 0 Å². The van der Waals surface area contributed by atoms with Crippen LogP contribution in [0.5, 0.6) is 0 Å². The number of hydrogen-bond acceptors (Lipinski definition) is 3. The Labute approximate surface area is 110 Å². The molecule has 104 valence electrons. The van der Waals surface area contributed by atoms with E-state index in [1.54, 1.807) is 6.08 Å². The molecule has 1 aliphatic rings. The number of rotatable bonds is 3. The van der Waals surface area contributed by atoms with Gasteiger partial charge in [-0.1, -0.05) is 12.2 Å². The van der Waals surface area contributed by atoms with Crippen molar-refractivity contribution in [3.8, 4) is 0 Å². The average Bonchev–Trinajstić information content (AvgIpc) is 2.40. The van der Waals surface area contributed by atoms with E-state index in [1.165, 1.54) is 0 Å². The summed E-state index contributed by atoms with van der Waals surface area (Å²) in [6.07, 6.45) is 4.14. The van der Waals surface area contributed by atoms with Gasteiger partial charge in [0.1, 0.15) is 10.7 Å². The van der Waals surface area contributed by atoms with Gasteiger partial charge in [-0.3, -0.25) is 0 Å². The Bertz CT molecular complexity index is 614. The SMILES string of the molecule is NCc1c(F)ccc(S(=O)(=O)N2CC=CCC2)c1F. The van der Waals surface area contributed by atoms with Crippen molar-refractivity contribution >= 4 is 10.0 Å². The van der Waals surface area contributed by atoms with Gasteiger partial charge < -0.3 is 5.73 Å². The fraction of sp³-hybridized carbons (Fsp3) is 0.333. The molecule has 0 fully saturated rings. The van der Waals surface area contributed by atoms with Crippen LogP contribution in [0.4, 0.5) is 8.78 Å². The molecular formula is C12H14F2N2O2S. The lowest BCUT2D eigenvalue weighted by molar-refractivity contribution is 0.431. The van der Waals surface area contributed by atoms with Gasteiger partial charge in [-0.15, -0.1) is 0 Å². The van der Waals surface area contributed by atoms with Crippen LogP contribution in [0.25, 0.3) is 0 Å². The zero-order valence-electron chi connectivity index (χ0n) is 10.1. The van der Waals surface area contributed by atoms with Crippen molar-refractivity contribution in [1.82, 2.24) is 4.31 Å². The summed E-state index contributed by atoms with van der Waals surface area (Å²) in [5, 5.41) is 0. The molecule has 0 amide bonds. The van der Waals surface area contributed by atoms with Gasteiger partial charge in [-0.2, -0.15) is 4.31 Å². The van der Waals surface area contributed by atoms with Crippen molar-refractivity contribution in [1.29, 1.82) is 0 Å². The van der Waals surface area contributed by atoms with E-state index in [4.69, 9.17) is 5.73 Å². The Kier molecular flexibility index (Phi) is 3.98. The van der Waals surface area contributed by atoms with Crippen molar-refractivity contribution < 1.29 is 17.2 Å². The van der Waals surface area contributed by atoms with Gasteiger partial charge in [0.2, 0.25) is 10.0 Å². The molecule has 7 heteroatoms. The monoisotopic (exact) mass is 288 g/mol. The third-order valence-corrected chi connectivity index (χ3v) is 4.88. The van der Waals surface area contributed by atoms with E-state index in [1.807, 2.05) is 6.08 Å². The summed E-state index contributed by atoms with van der Waals surface area (Å²) in [6.45, 7) is 0.0889. The van der Waals surface area contributed by atoms with Crippen LogP contribution >= 0.6 is 0 Å². The highest BCUT2D eigenvalue weighted by atomic mass is 32.2. The van der Waals surface area contributed by atoms with Crippen LogP contribution in [-0.4, -0.2) is 25.8 Å². The van der Waals surface area contributed by atoms with E-state index < -0.39 is 32.1 Å². The number of nitrogens with two attached hydrogens (primary N) is 1. The highest BCUT2D eigenvalue weighted by Crippen LogP contribution is 2.24. The van der Waals surface area contributed by atoms with Crippen molar-refractivity contribution in [2.45, 2.75) is 17.9 Å². The quantitative estimate of drug-likeness (QED) is 0.855. The van der Waals surface area contributed by atoms with E-state index >= 15 is 0 Å². The Balaban J connectivity index is 2.49. The molecule has 1 aliphatic heterocycles. The zero-order chi connectivity index (χ0) is 14.0. The fourth-order valence-electron chi connectivity index (χ4n) is 1.94. The second-order valence-corrected chi connectivity index (χ2v) is 6.07. The molecule has 0 aliphatic carbocycles.